The van der Waals surface area contributed by atoms with Gasteiger partial charge in [-0.25, -0.2) is 0 Å². The van der Waals surface area contributed by atoms with Crippen LogP contribution in [0.4, 0.5) is 0 Å². The van der Waals surface area contributed by atoms with Crippen LogP contribution in [-0.4, -0.2) is 25.6 Å². The van der Waals surface area contributed by atoms with Crippen LogP contribution in [0.3, 0.4) is 0 Å². The molecule has 0 aliphatic carbocycles. The molecule has 0 fully saturated rings. The lowest BCUT2D eigenvalue weighted by molar-refractivity contribution is -0.121. The van der Waals surface area contributed by atoms with Crippen molar-refractivity contribution in [3.63, 3.8) is 0 Å². The summed E-state index contributed by atoms with van der Waals surface area (Å²) in [4.78, 5) is 11.8. The number of methoxy groups -OCH3 is 1. The van der Waals surface area contributed by atoms with E-state index in [1.165, 1.54) is 0 Å². The summed E-state index contributed by atoms with van der Waals surface area (Å²) in [5, 5.41) is 2.89. The molecule has 0 aliphatic rings. The minimum absolute atomic E-state index is 0. The Labute approximate surface area is 127 Å². The molecule has 0 saturated heterocycles. The third-order valence-corrected chi connectivity index (χ3v) is 3.08. The molecule has 5 heteroatoms. The molecule has 4 nitrogen and oxygen atoms in total. The van der Waals surface area contributed by atoms with Gasteiger partial charge in [-0.2, -0.15) is 0 Å². The SMILES string of the molecule is COc1cccc(C(C)CC(=O)NCCC(C)N)c1.Cl. The van der Waals surface area contributed by atoms with E-state index < -0.39 is 0 Å². The van der Waals surface area contributed by atoms with Gasteiger partial charge in [-0.05, 0) is 37.0 Å². The van der Waals surface area contributed by atoms with Crippen molar-refractivity contribution >= 4 is 18.3 Å². The highest BCUT2D eigenvalue weighted by Gasteiger charge is 2.11. The van der Waals surface area contributed by atoms with Crippen LogP contribution >= 0.6 is 12.4 Å². The quantitative estimate of drug-likeness (QED) is 0.813. The zero-order valence-corrected chi connectivity index (χ0v) is 13.2. The number of benzene rings is 1. The Kier molecular flexibility index (Phi) is 9.01. The molecule has 20 heavy (non-hydrogen) atoms. The first-order chi connectivity index (χ1) is 9.02. The van der Waals surface area contributed by atoms with Gasteiger partial charge in [0.15, 0.2) is 0 Å². The molecule has 1 amide bonds. The number of carbonyl (C=O) groups excluding carboxylic acids is 1. The minimum atomic E-state index is 0. The van der Waals surface area contributed by atoms with Crippen molar-refractivity contribution < 1.29 is 9.53 Å². The second kappa shape index (κ2) is 9.61. The molecule has 2 atom stereocenters. The summed E-state index contributed by atoms with van der Waals surface area (Å²) in [6.07, 6.45) is 1.28. The molecule has 0 saturated carbocycles. The van der Waals surface area contributed by atoms with Crippen LogP contribution in [0.2, 0.25) is 0 Å². The Morgan fingerprint density at radius 1 is 1.40 bits per heavy atom. The zero-order valence-electron chi connectivity index (χ0n) is 12.4. The first-order valence-corrected chi connectivity index (χ1v) is 6.69. The van der Waals surface area contributed by atoms with Gasteiger partial charge in [0, 0.05) is 19.0 Å². The summed E-state index contributed by atoms with van der Waals surface area (Å²) >= 11 is 0. The fraction of sp³-hybridized carbons (Fsp3) is 0.533. The van der Waals surface area contributed by atoms with Gasteiger partial charge in [0.05, 0.1) is 7.11 Å². The lowest BCUT2D eigenvalue weighted by atomic mass is 9.97. The minimum Gasteiger partial charge on any atom is -0.497 e. The van der Waals surface area contributed by atoms with E-state index in [0.29, 0.717) is 13.0 Å². The molecule has 114 valence electrons. The summed E-state index contributed by atoms with van der Waals surface area (Å²) < 4.78 is 5.19. The maximum atomic E-state index is 11.8. The molecule has 0 bridgehead atoms. The molecule has 1 rings (SSSR count). The Bertz CT molecular complexity index is 411. The second-order valence-electron chi connectivity index (χ2n) is 5.00. The van der Waals surface area contributed by atoms with Crippen LogP contribution in [0.15, 0.2) is 24.3 Å². The molecule has 0 spiro atoms. The first kappa shape index (κ1) is 18.7. The number of halogens is 1. The number of hydrogen-bond acceptors (Lipinski definition) is 3. The predicted octanol–water partition coefficient (Wildman–Crippen LogP) is 2.46. The van der Waals surface area contributed by atoms with Gasteiger partial charge in [0.2, 0.25) is 5.91 Å². The normalized spacial score (nSPS) is 13.0. The number of nitrogens with one attached hydrogen (secondary N) is 1. The molecular formula is C15H25ClN2O2. The fourth-order valence-corrected chi connectivity index (χ4v) is 1.86. The Balaban J connectivity index is 0.00000361. The predicted molar refractivity (Wildman–Crippen MR) is 84.6 cm³/mol. The zero-order chi connectivity index (χ0) is 14.3. The Morgan fingerprint density at radius 2 is 2.10 bits per heavy atom. The molecule has 0 radical (unpaired) electrons. The average Bonchev–Trinajstić information content (AvgIpc) is 2.38. The number of hydrogen-bond donors (Lipinski definition) is 2. The topological polar surface area (TPSA) is 64.3 Å². The van der Waals surface area contributed by atoms with Gasteiger partial charge in [-0.3, -0.25) is 4.79 Å². The van der Waals surface area contributed by atoms with Crippen LogP contribution in [0, 0.1) is 0 Å². The average molecular weight is 301 g/mol. The molecular weight excluding hydrogens is 276 g/mol. The van der Waals surface area contributed by atoms with Gasteiger partial charge >= 0.3 is 0 Å². The number of nitrogens with two attached hydrogens (primary N) is 1. The number of ether oxygens (including phenoxy) is 1. The van der Waals surface area contributed by atoms with Crippen molar-refractivity contribution in [1.82, 2.24) is 5.32 Å². The van der Waals surface area contributed by atoms with Gasteiger partial charge in [-0.15, -0.1) is 12.4 Å². The van der Waals surface area contributed by atoms with E-state index in [1.54, 1.807) is 7.11 Å². The van der Waals surface area contributed by atoms with Crippen LogP contribution in [0.1, 0.15) is 38.2 Å². The third kappa shape index (κ3) is 6.78. The standard InChI is InChI=1S/C15H24N2O2.ClH/c1-11(9-15(18)17-8-7-12(2)16)13-5-4-6-14(10-13)19-3;/h4-6,10-12H,7-9,16H2,1-3H3,(H,17,18);1H. The summed E-state index contributed by atoms with van der Waals surface area (Å²) in [5.74, 6) is 1.06. The Hall–Kier alpha value is -1.26. The molecule has 1 aromatic rings. The van der Waals surface area contributed by atoms with Gasteiger partial charge < -0.3 is 15.8 Å². The van der Waals surface area contributed by atoms with Crippen molar-refractivity contribution in [2.45, 2.75) is 38.6 Å². The molecule has 0 aromatic heterocycles. The van der Waals surface area contributed by atoms with Crippen LogP contribution in [0.25, 0.3) is 0 Å². The summed E-state index contributed by atoms with van der Waals surface area (Å²) in [6, 6.07) is 7.95. The van der Waals surface area contributed by atoms with Crippen LogP contribution in [0.5, 0.6) is 5.75 Å². The highest BCUT2D eigenvalue weighted by atomic mass is 35.5. The Morgan fingerprint density at radius 3 is 2.70 bits per heavy atom. The number of rotatable bonds is 7. The van der Waals surface area contributed by atoms with E-state index in [0.717, 1.165) is 17.7 Å². The molecule has 3 N–H and O–H groups in total. The van der Waals surface area contributed by atoms with E-state index in [9.17, 15) is 4.79 Å². The maximum absolute atomic E-state index is 11.8. The summed E-state index contributed by atoms with van der Waals surface area (Å²) in [6.45, 7) is 4.62. The second-order valence-corrected chi connectivity index (χ2v) is 5.00. The van der Waals surface area contributed by atoms with Crippen molar-refractivity contribution in [2.24, 2.45) is 5.73 Å². The number of carbonyl (C=O) groups is 1. The van der Waals surface area contributed by atoms with Crippen molar-refractivity contribution in [2.75, 3.05) is 13.7 Å². The largest absolute Gasteiger partial charge is 0.497 e. The van der Waals surface area contributed by atoms with E-state index in [4.69, 9.17) is 10.5 Å². The number of amides is 1. The van der Waals surface area contributed by atoms with Gasteiger partial charge in [-0.1, -0.05) is 19.1 Å². The highest BCUT2D eigenvalue weighted by Crippen LogP contribution is 2.22. The third-order valence-electron chi connectivity index (χ3n) is 3.08. The van der Waals surface area contributed by atoms with E-state index in [-0.39, 0.29) is 30.3 Å². The maximum Gasteiger partial charge on any atom is 0.220 e. The van der Waals surface area contributed by atoms with Gasteiger partial charge in [0.1, 0.15) is 5.75 Å². The molecule has 1 aromatic carbocycles. The molecule has 0 heterocycles. The summed E-state index contributed by atoms with van der Waals surface area (Å²) in [7, 11) is 1.64. The van der Waals surface area contributed by atoms with Crippen LogP contribution in [-0.2, 0) is 4.79 Å². The van der Waals surface area contributed by atoms with Crippen LogP contribution < -0.4 is 15.8 Å². The lowest BCUT2D eigenvalue weighted by Crippen LogP contribution is -2.29. The van der Waals surface area contributed by atoms with E-state index >= 15 is 0 Å². The van der Waals surface area contributed by atoms with E-state index in [1.807, 2.05) is 38.1 Å². The van der Waals surface area contributed by atoms with E-state index in [2.05, 4.69) is 5.32 Å². The smallest absolute Gasteiger partial charge is 0.220 e. The molecule has 0 aliphatic heterocycles. The lowest BCUT2D eigenvalue weighted by Gasteiger charge is -2.13. The monoisotopic (exact) mass is 300 g/mol. The van der Waals surface area contributed by atoms with Crippen molar-refractivity contribution in [3.8, 4) is 5.75 Å². The highest BCUT2D eigenvalue weighted by molar-refractivity contribution is 5.85. The molecule has 2 unspecified atom stereocenters. The first-order valence-electron chi connectivity index (χ1n) is 6.69. The van der Waals surface area contributed by atoms with Crippen molar-refractivity contribution in [3.05, 3.63) is 29.8 Å². The van der Waals surface area contributed by atoms with Gasteiger partial charge in [0.25, 0.3) is 0 Å². The van der Waals surface area contributed by atoms with Crippen molar-refractivity contribution in [1.29, 1.82) is 0 Å². The fourth-order valence-electron chi connectivity index (χ4n) is 1.86. The summed E-state index contributed by atoms with van der Waals surface area (Å²) in [5.41, 5.74) is 6.75.